The monoisotopic (exact) mass is 229 g/mol. The highest BCUT2D eigenvalue weighted by molar-refractivity contribution is 5.72. The van der Waals surface area contributed by atoms with Crippen molar-refractivity contribution in [1.29, 1.82) is 0 Å². The van der Waals surface area contributed by atoms with Gasteiger partial charge in [-0.15, -0.1) is 0 Å². The third-order valence-corrected chi connectivity index (χ3v) is 3.07. The van der Waals surface area contributed by atoms with Crippen LogP contribution in [0.2, 0.25) is 0 Å². The molecule has 0 aliphatic rings. The Labute approximate surface area is 100 Å². The molecule has 16 heavy (non-hydrogen) atoms. The van der Waals surface area contributed by atoms with Crippen molar-refractivity contribution in [3.63, 3.8) is 0 Å². The van der Waals surface area contributed by atoms with Gasteiger partial charge in [0.1, 0.15) is 0 Å². The first-order valence-corrected chi connectivity index (χ1v) is 5.95. The molecule has 0 atom stereocenters. The van der Waals surface area contributed by atoms with Gasteiger partial charge in [-0.25, -0.2) is 0 Å². The molecule has 0 radical (unpaired) electrons. The Morgan fingerprint density at radius 3 is 1.94 bits per heavy atom. The minimum atomic E-state index is 0.132. The lowest BCUT2D eigenvalue weighted by atomic mass is 10.3. The Kier molecular flexibility index (Phi) is 7.34. The molecule has 1 amide bonds. The van der Waals surface area contributed by atoms with Crippen molar-refractivity contribution in [3.8, 4) is 0 Å². The lowest BCUT2D eigenvalue weighted by molar-refractivity contribution is -0.127. The van der Waals surface area contributed by atoms with Crippen molar-refractivity contribution in [3.05, 3.63) is 0 Å². The van der Waals surface area contributed by atoms with Crippen LogP contribution in [0, 0.1) is 0 Å². The summed E-state index contributed by atoms with van der Waals surface area (Å²) in [5.41, 5.74) is 0. The summed E-state index contributed by atoms with van der Waals surface area (Å²) in [4.78, 5) is 17.4. The predicted molar refractivity (Wildman–Crippen MR) is 68.6 cm³/mol. The van der Waals surface area contributed by atoms with Crippen LogP contribution in [0.4, 0.5) is 0 Å². The van der Waals surface area contributed by atoms with E-state index >= 15 is 0 Å². The average molecular weight is 229 g/mol. The zero-order valence-corrected chi connectivity index (χ0v) is 11.7. The van der Waals surface area contributed by atoms with E-state index in [0.29, 0.717) is 6.04 Å². The van der Waals surface area contributed by atoms with Crippen LogP contribution in [0.1, 0.15) is 20.8 Å². The molecule has 0 aliphatic carbocycles. The van der Waals surface area contributed by atoms with E-state index in [1.54, 1.807) is 11.8 Å². The molecular weight excluding hydrogens is 202 g/mol. The third kappa shape index (κ3) is 6.80. The van der Waals surface area contributed by atoms with Crippen LogP contribution in [0.5, 0.6) is 0 Å². The van der Waals surface area contributed by atoms with E-state index < -0.39 is 0 Å². The molecule has 0 saturated heterocycles. The number of carbonyl (C=O) groups excluding carboxylic acids is 1. The van der Waals surface area contributed by atoms with Gasteiger partial charge in [-0.05, 0) is 27.9 Å². The Hall–Kier alpha value is -0.610. The number of hydrogen-bond acceptors (Lipinski definition) is 3. The maximum atomic E-state index is 11.0. The minimum Gasteiger partial charge on any atom is -0.345 e. The molecule has 0 aromatic carbocycles. The predicted octanol–water partition coefficient (Wildman–Crippen LogP) is 0.737. The van der Waals surface area contributed by atoms with Crippen LogP contribution in [-0.4, -0.2) is 74.0 Å². The zero-order valence-electron chi connectivity index (χ0n) is 11.7. The van der Waals surface area contributed by atoms with Crippen molar-refractivity contribution in [2.24, 2.45) is 0 Å². The van der Waals surface area contributed by atoms with E-state index in [1.165, 1.54) is 0 Å². The van der Waals surface area contributed by atoms with Crippen molar-refractivity contribution < 1.29 is 4.79 Å². The summed E-state index contributed by atoms with van der Waals surface area (Å²) in [6.45, 7) is 9.84. The molecule has 0 spiro atoms. The molecule has 0 aromatic heterocycles. The third-order valence-electron chi connectivity index (χ3n) is 3.07. The standard InChI is InChI=1S/C12H27N3O/c1-11(2)14(5)9-7-13(4)8-10-15(6)12(3)16/h11H,7-10H2,1-6H3. The molecule has 4 heteroatoms. The summed E-state index contributed by atoms with van der Waals surface area (Å²) in [5, 5.41) is 0. The van der Waals surface area contributed by atoms with Crippen molar-refractivity contribution in [2.75, 3.05) is 47.3 Å². The molecule has 0 bridgehead atoms. The summed E-state index contributed by atoms with van der Waals surface area (Å²) >= 11 is 0. The lowest BCUT2D eigenvalue weighted by Crippen LogP contribution is -2.38. The highest BCUT2D eigenvalue weighted by Crippen LogP contribution is 1.94. The van der Waals surface area contributed by atoms with Gasteiger partial charge in [-0.2, -0.15) is 0 Å². The first-order valence-electron chi connectivity index (χ1n) is 5.95. The summed E-state index contributed by atoms with van der Waals surface area (Å²) in [6, 6.07) is 0.591. The number of likely N-dealkylation sites (N-methyl/N-ethyl adjacent to an activating group) is 3. The second-order valence-corrected chi connectivity index (χ2v) is 4.82. The molecule has 0 unspecified atom stereocenters. The number of rotatable bonds is 7. The van der Waals surface area contributed by atoms with Gasteiger partial charge in [-0.3, -0.25) is 4.79 Å². The summed E-state index contributed by atoms with van der Waals surface area (Å²) in [6.07, 6.45) is 0. The van der Waals surface area contributed by atoms with E-state index in [0.717, 1.165) is 26.2 Å². The average Bonchev–Trinajstić information content (AvgIpc) is 2.21. The Morgan fingerprint density at radius 1 is 1.00 bits per heavy atom. The second-order valence-electron chi connectivity index (χ2n) is 4.82. The summed E-state index contributed by atoms with van der Waals surface area (Å²) in [5.74, 6) is 0.132. The largest absolute Gasteiger partial charge is 0.345 e. The van der Waals surface area contributed by atoms with Gasteiger partial charge in [0.05, 0.1) is 0 Å². The summed E-state index contributed by atoms with van der Waals surface area (Å²) in [7, 11) is 6.08. The molecule has 0 heterocycles. The van der Waals surface area contributed by atoms with Crippen LogP contribution >= 0.6 is 0 Å². The maximum absolute atomic E-state index is 11.0. The van der Waals surface area contributed by atoms with Crippen LogP contribution in [0.3, 0.4) is 0 Å². The molecule has 0 N–H and O–H groups in total. The molecule has 0 aliphatic heterocycles. The normalized spacial score (nSPS) is 11.6. The van der Waals surface area contributed by atoms with E-state index in [4.69, 9.17) is 0 Å². The number of hydrogen-bond donors (Lipinski definition) is 0. The molecule has 0 saturated carbocycles. The van der Waals surface area contributed by atoms with Gasteiger partial charge in [0.2, 0.25) is 5.91 Å². The van der Waals surface area contributed by atoms with Gasteiger partial charge in [0, 0.05) is 46.2 Å². The van der Waals surface area contributed by atoms with Crippen LogP contribution in [-0.2, 0) is 4.79 Å². The Morgan fingerprint density at radius 2 is 1.50 bits per heavy atom. The highest BCUT2D eigenvalue weighted by atomic mass is 16.2. The van der Waals surface area contributed by atoms with Crippen LogP contribution < -0.4 is 0 Å². The second kappa shape index (κ2) is 7.63. The highest BCUT2D eigenvalue weighted by Gasteiger charge is 2.07. The molecular formula is C12H27N3O. The lowest BCUT2D eigenvalue weighted by Gasteiger charge is -2.26. The molecule has 0 rings (SSSR count). The van der Waals surface area contributed by atoms with Gasteiger partial charge in [0.15, 0.2) is 0 Å². The van der Waals surface area contributed by atoms with E-state index in [9.17, 15) is 4.79 Å². The smallest absolute Gasteiger partial charge is 0.219 e. The van der Waals surface area contributed by atoms with Gasteiger partial charge in [-0.1, -0.05) is 0 Å². The van der Waals surface area contributed by atoms with Gasteiger partial charge in [0.25, 0.3) is 0 Å². The van der Waals surface area contributed by atoms with Crippen molar-refractivity contribution >= 4 is 5.91 Å². The number of nitrogens with zero attached hydrogens (tertiary/aromatic N) is 3. The van der Waals surface area contributed by atoms with E-state index in [1.807, 2.05) is 7.05 Å². The molecule has 0 fully saturated rings. The van der Waals surface area contributed by atoms with Gasteiger partial charge < -0.3 is 14.7 Å². The Bertz CT molecular complexity index is 206. The number of carbonyl (C=O) groups is 1. The molecule has 4 nitrogen and oxygen atoms in total. The fourth-order valence-electron chi connectivity index (χ4n) is 1.18. The van der Waals surface area contributed by atoms with Gasteiger partial charge >= 0.3 is 0 Å². The quantitative estimate of drug-likeness (QED) is 0.644. The zero-order chi connectivity index (χ0) is 12.7. The molecule has 0 aromatic rings. The first-order chi connectivity index (χ1) is 7.34. The van der Waals surface area contributed by atoms with E-state index in [2.05, 4.69) is 37.7 Å². The van der Waals surface area contributed by atoms with Crippen molar-refractivity contribution in [1.82, 2.24) is 14.7 Å². The topological polar surface area (TPSA) is 26.8 Å². The number of amides is 1. The summed E-state index contributed by atoms with van der Waals surface area (Å²) < 4.78 is 0. The van der Waals surface area contributed by atoms with Crippen LogP contribution in [0.25, 0.3) is 0 Å². The minimum absolute atomic E-state index is 0.132. The van der Waals surface area contributed by atoms with E-state index in [-0.39, 0.29) is 5.91 Å². The fraction of sp³-hybridized carbons (Fsp3) is 0.917. The maximum Gasteiger partial charge on any atom is 0.219 e. The fourth-order valence-corrected chi connectivity index (χ4v) is 1.18. The Balaban J connectivity index is 3.67. The van der Waals surface area contributed by atoms with Crippen molar-refractivity contribution in [2.45, 2.75) is 26.8 Å². The molecule has 96 valence electrons. The van der Waals surface area contributed by atoms with Crippen LogP contribution in [0.15, 0.2) is 0 Å². The first kappa shape index (κ1) is 15.4. The SMILES string of the molecule is CC(=O)N(C)CCN(C)CCN(C)C(C)C.